The maximum absolute atomic E-state index is 13.3. The number of carbonyl (C=O) groups excluding carboxylic acids is 1. The van der Waals surface area contributed by atoms with Crippen LogP contribution in [0.5, 0.6) is 0 Å². The minimum Gasteiger partial charge on any atom is -0.340 e. The molecule has 2 unspecified atom stereocenters. The summed E-state index contributed by atoms with van der Waals surface area (Å²) in [5.41, 5.74) is 3.91. The lowest BCUT2D eigenvalue weighted by Gasteiger charge is -2.40. The summed E-state index contributed by atoms with van der Waals surface area (Å²) in [7, 11) is -3.64. The van der Waals surface area contributed by atoms with Crippen LogP contribution in [0.1, 0.15) is 41.0 Å². The van der Waals surface area contributed by atoms with Crippen LogP contribution in [-0.2, 0) is 21.2 Å². The third-order valence-corrected chi connectivity index (χ3v) is 10.8. The Morgan fingerprint density at radius 2 is 1.78 bits per heavy atom. The highest BCUT2D eigenvalue weighted by Gasteiger charge is 2.36. The lowest BCUT2D eigenvalue weighted by Crippen LogP contribution is -2.55. The van der Waals surface area contributed by atoms with Gasteiger partial charge in [-0.1, -0.05) is 35.9 Å². The van der Waals surface area contributed by atoms with E-state index in [-0.39, 0.29) is 29.4 Å². The van der Waals surface area contributed by atoms with Crippen LogP contribution < -0.4 is 0 Å². The number of aryl methyl sites for hydroxylation is 1. The molecule has 1 saturated heterocycles. The molecule has 0 N–H and O–H groups in total. The summed E-state index contributed by atoms with van der Waals surface area (Å²) in [5, 5.41) is 2.67. The molecular formula is C28H32ClN3O3S2. The summed E-state index contributed by atoms with van der Waals surface area (Å²) in [6.07, 6.45) is 1.42. The van der Waals surface area contributed by atoms with Crippen molar-refractivity contribution < 1.29 is 13.2 Å². The van der Waals surface area contributed by atoms with Crippen molar-refractivity contribution in [1.29, 1.82) is 0 Å². The number of carbonyl (C=O) groups is 1. The maximum atomic E-state index is 13.3. The molecule has 196 valence electrons. The van der Waals surface area contributed by atoms with E-state index >= 15 is 0 Å². The monoisotopic (exact) mass is 557 g/mol. The van der Waals surface area contributed by atoms with Gasteiger partial charge < -0.3 is 4.90 Å². The van der Waals surface area contributed by atoms with E-state index in [0.29, 0.717) is 31.1 Å². The van der Waals surface area contributed by atoms with Crippen molar-refractivity contribution in [2.45, 2.75) is 43.7 Å². The summed E-state index contributed by atoms with van der Waals surface area (Å²) in [4.78, 5) is 19.2. The highest BCUT2D eigenvalue weighted by atomic mass is 35.5. The van der Waals surface area contributed by atoms with E-state index in [1.54, 1.807) is 12.1 Å². The van der Waals surface area contributed by atoms with Gasteiger partial charge in [0.25, 0.3) is 0 Å². The Balaban J connectivity index is 1.24. The zero-order valence-corrected chi connectivity index (χ0v) is 23.5. The molecule has 5 rings (SSSR count). The van der Waals surface area contributed by atoms with Gasteiger partial charge in [-0.15, -0.1) is 11.3 Å². The Bertz CT molecular complexity index is 1370. The summed E-state index contributed by atoms with van der Waals surface area (Å²) in [5.74, 6) is 0.0787. The lowest BCUT2D eigenvalue weighted by atomic mass is 9.90. The zero-order chi connectivity index (χ0) is 26.2. The predicted molar refractivity (Wildman–Crippen MR) is 149 cm³/mol. The van der Waals surface area contributed by atoms with Gasteiger partial charge in [0.15, 0.2) is 0 Å². The second-order valence-corrected chi connectivity index (χ2v) is 13.2. The van der Waals surface area contributed by atoms with Gasteiger partial charge in [0.1, 0.15) is 0 Å². The molecule has 37 heavy (non-hydrogen) atoms. The minimum atomic E-state index is -3.64. The number of sulfonamides is 1. The van der Waals surface area contributed by atoms with E-state index in [0.717, 1.165) is 13.0 Å². The fourth-order valence-corrected chi connectivity index (χ4v) is 8.17. The predicted octanol–water partition coefficient (Wildman–Crippen LogP) is 4.97. The van der Waals surface area contributed by atoms with Crippen LogP contribution in [0.3, 0.4) is 0 Å². The molecule has 0 radical (unpaired) electrons. The van der Waals surface area contributed by atoms with Crippen molar-refractivity contribution in [2.24, 2.45) is 0 Å². The van der Waals surface area contributed by atoms with Crippen molar-refractivity contribution in [3.05, 3.63) is 86.6 Å². The molecule has 2 aromatic carbocycles. The first kappa shape index (κ1) is 26.4. The quantitative estimate of drug-likeness (QED) is 0.429. The number of halogens is 1. The van der Waals surface area contributed by atoms with Gasteiger partial charge in [-0.2, -0.15) is 4.31 Å². The van der Waals surface area contributed by atoms with Gasteiger partial charge in [-0.05, 0) is 72.7 Å². The molecule has 1 fully saturated rings. The Labute approximate surface area is 228 Å². The van der Waals surface area contributed by atoms with Crippen LogP contribution in [0, 0.1) is 6.92 Å². The molecule has 0 bridgehead atoms. The largest absolute Gasteiger partial charge is 0.340 e. The lowest BCUT2D eigenvalue weighted by molar-refractivity contribution is -0.133. The zero-order valence-electron chi connectivity index (χ0n) is 21.1. The summed E-state index contributed by atoms with van der Waals surface area (Å²) in [6, 6.07) is 16.8. The molecule has 2 aliphatic rings. The Morgan fingerprint density at radius 3 is 2.51 bits per heavy atom. The van der Waals surface area contributed by atoms with Crippen LogP contribution in [-0.4, -0.2) is 67.2 Å². The number of fused-ring (bicyclic) bond motifs is 1. The summed E-state index contributed by atoms with van der Waals surface area (Å²) in [6.45, 7) is 6.68. The molecule has 2 atom stereocenters. The summed E-state index contributed by atoms with van der Waals surface area (Å²) >= 11 is 7.75. The maximum Gasteiger partial charge on any atom is 0.243 e. The van der Waals surface area contributed by atoms with Gasteiger partial charge in [0.05, 0.1) is 10.9 Å². The number of hydrogen-bond donors (Lipinski definition) is 0. The topological polar surface area (TPSA) is 60.9 Å². The fourth-order valence-electron chi connectivity index (χ4n) is 5.53. The summed E-state index contributed by atoms with van der Waals surface area (Å²) < 4.78 is 27.8. The van der Waals surface area contributed by atoms with Crippen LogP contribution >= 0.6 is 22.9 Å². The molecule has 0 aliphatic carbocycles. The second-order valence-electron chi connectivity index (χ2n) is 9.85. The molecule has 3 heterocycles. The van der Waals surface area contributed by atoms with E-state index < -0.39 is 10.0 Å². The first-order valence-corrected chi connectivity index (χ1v) is 15.4. The third-order valence-electron chi connectivity index (χ3n) is 7.50. The molecule has 0 saturated carbocycles. The Kier molecular flexibility index (Phi) is 7.75. The van der Waals surface area contributed by atoms with E-state index in [1.165, 1.54) is 38.0 Å². The van der Waals surface area contributed by atoms with Gasteiger partial charge in [0.2, 0.25) is 15.9 Å². The van der Waals surface area contributed by atoms with E-state index in [9.17, 15) is 13.2 Å². The average Bonchev–Trinajstić information content (AvgIpc) is 3.36. The fraction of sp³-hybridized carbons (Fsp3) is 0.393. The number of hydrogen-bond acceptors (Lipinski definition) is 5. The van der Waals surface area contributed by atoms with Crippen LogP contribution in [0.2, 0.25) is 5.02 Å². The number of amides is 1. The van der Waals surface area contributed by atoms with Crippen molar-refractivity contribution in [1.82, 2.24) is 14.1 Å². The van der Waals surface area contributed by atoms with Crippen LogP contribution in [0.4, 0.5) is 0 Å². The molecule has 3 aromatic rings. The molecule has 9 heteroatoms. The van der Waals surface area contributed by atoms with Gasteiger partial charge >= 0.3 is 0 Å². The number of benzene rings is 2. The van der Waals surface area contributed by atoms with Crippen molar-refractivity contribution in [3.8, 4) is 0 Å². The highest BCUT2D eigenvalue weighted by Crippen LogP contribution is 2.39. The minimum absolute atomic E-state index is 0.0787. The molecule has 2 aliphatic heterocycles. The standard InChI is InChI=1S/C28H32ClN3O3S2/c1-20-5-3-4-6-24(20)28-25-13-18-36-26(25)11-14-30(28)15-12-27(33)31-16-17-32(21(2)19-31)37(34,35)23-9-7-22(29)8-10-23/h3-10,13,18,21,28H,11-12,14-17,19H2,1-2H3. The van der Waals surface area contributed by atoms with Crippen molar-refractivity contribution in [3.63, 3.8) is 0 Å². The Morgan fingerprint density at radius 1 is 1.03 bits per heavy atom. The number of rotatable bonds is 6. The second kappa shape index (κ2) is 10.9. The molecule has 6 nitrogen and oxygen atoms in total. The van der Waals surface area contributed by atoms with E-state index in [4.69, 9.17) is 11.6 Å². The Hall–Kier alpha value is -2.23. The van der Waals surface area contributed by atoms with E-state index in [1.807, 2.05) is 23.2 Å². The van der Waals surface area contributed by atoms with Crippen molar-refractivity contribution in [2.75, 3.05) is 32.7 Å². The first-order valence-electron chi connectivity index (χ1n) is 12.7. The number of piperazine rings is 1. The smallest absolute Gasteiger partial charge is 0.243 e. The third kappa shape index (κ3) is 5.36. The first-order chi connectivity index (χ1) is 17.8. The van der Waals surface area contributed by atoms with Crippen molar-refractivity contribution >= 4 is 38.9 Å². The SMILES string of the molecule is Cc1ccccc1C1c2ccsc2CCN1CCC(=O)N1CCN(S(=O)(=O)c2ccc(Cl)cc2)C(C)C1. The molecule has 1 amide bonds. The average molecular weight is 558 g/mol. The normalized spacial score (nSPS) is 21.1. The van der Waals surface area contributed by atoms with Gasteiger partial charge in [0, 0.05) is 55.1 Å². The number of nitrogens with zero attached hydrogens (tertiary/aromatic N) is 3. The van der Waals surface area contributed by atoms with Gasteiger partial charge in [-0.3, -0.25) is 9.69 Å². The molecule has 0 spiro atoms. The number of thiophene rings is 1. The van der Waals surface area contributed by atoms with E-state index in [2.05, 4.69) is 47.5 Å². The van der Waals surface area contributed by atoms with Crippen LogP contribution in [0.15, 0.2) is 64.9 Å². The van der Waals surface area contributed by atoms with Crippen LogP contribution in [0.25, 0.3) is 0 Å². The highest BCUT2D eigenvalue weighted by molar-refractivity contribution is 7.89. The molecular weight excluding hydrogens is 526 g/mol. The molecule has 1 aromatic heterocycles. The van der Waals surface area contributed by atoms with Gasteiger partial charge in [-0.25, -0.2) is 8.42 Å².